The van der Waals surface area contributed by atoms with Gasteiger partial charge in [0.1, 0.15) is 17.3 Å². The van der Waals surface area contributed by atoms with E-state index in [0.717, 1.165) is 11.8 Å². The van der Waals surface area contributed by atoms with Crippen molar-refractivity contribution >= 4 is 35.3 Å². The van der Waals surface area contributed by atoms with Crippen LogP contribution in [0.25, 0.3) is 0 Å². The molecule has 1 aromatic heterocycles. The zero-order valence-corrected chi connectivity index (χ0v) is 7.93. The van der Waals surface area contributed by atoms with Gasteiger partial charge < -0.3 is 10.1 Å². The molecule has 2 heterocycles. The molecule has 0 aromatic carbocycles. The fourth-order valence-corrected chi connectivity index (χ4v) is 1.72. The van der Waals surface area contributed by atoms with Gasteiger partial charge in [0.05, 0.1) is 6.04 Å². The number of aromatic nitrogens is 2. The van der Waals surface area contributed by atoms with E-state index in [1.165, 1.54) is 0 Å². The Morgan fingerprint density at radius 3 is 2.92 bits per heavy atom. The second kappa shape index (κ2) is 3.12. The van der Waals surface area contributed by atoms with Gasteiger partial charge in [-0.15, -0.1) is 0 Å². The van der Waals surface area contributed by atoms with E-state index >= 15 is 0 Å². The highest BCUT2D eigenvalue weighted by molar-refractivity contribution is 6.32. The van der Waals surface area contributed by atoms with Crippen LogP contribution in [0.1, 0.15) is 5.56 Å². The maximum Gasteiger partial charge on any atom is 0.225 e. The molecule has 1 aliphatic heterocycles. The molecule has 0 fully saturated rings. The minimum absolute atomic E-state index is 0.0859. The lowest BCUT2D eigenvalue weighted by atomic mass is 10.2. The molecule has 13 heavy (non-hydrogen) atoms. The number of nitrogens with zero attached hydrogens (tertiary/aromatic N) is 2. The number of aldehydes is 1. The third kappa shape index (κ3) is 1.47. The first-order valence-electron chi connectivity index (χ1n) is 3.64. The van der Waals surface area contributed by atoms with Gasteiger partial charge in [-0.3, -0.25) is 0 Å². The summed E-state index contributed by atoms with van der Waals surface area (Å²) in [6.45, 7) is 0. The Kier molecular flexibility index (Phi) is 2.09. The largest absolute Gasteiger partial charge is 0.360 e. The van der Waals surface area contributed by atoms with Gasteiger partial charge in [0.15, 0.2) is 0 Å². The highest BCUT2D eigenvalue weighted by Gasteiger charge is 2.24. The number of nitrogens with one attached hydrogen (secondary N) is 1. The number of rotatable bonds is 1. The average molecular weight is 218 g/mol. The van der Waals surface area contributed by atoms with Gasteiger partial charge in [0.25, 0.3) is 0 Å². The number of carbonyl (C=O) groups excluding carboxylic acids is 1. The first kappa shape index (κ1) is 8.72. The number of halogens is 2. The zero-order valence-electron chi connectivity index (χ0n) is 6.42. The Labute approximate surface area is 84.3 Å². The van der Waals surface area contributed by atoms with Gasteiger partial charge in [0.2, 0.25) is 5.28 Å². The first-order valence-corrected chi connectivity index (χ1v) is 4.40. The van der Waals surface area contributed by atoms with Crippen molar-refractivity contribution in [2.45, 2.75) is 12.5 Å². The summed E-state index contributed by atoms with van der Waals surface area (Å²) < 4.78 is 0. The lowest BCUT2D eigenvalue weighted by Gasteiger charge is -2.00. The lowest BCUT2D eigenvalue weighted by Crippen LogP contribution is -2.16. The summed E-state index contributed by atoms with van der Waals surface area (Å²) in [6, 6.07) is -0.264. The van der Waals surface area contributed by atoms with Crippen molar-refractivity contribution in [3.05, 3.63) is 16.0 Å². The normalized spacial score (nSPS) is 19.4. The number of anilines is 1. The summed E-state index contributed by atoms with van der Waals surface area (Å²) >= 11 is 11.4. The number of fused-ring (bicyclic) bond motifs is 1. The Hall–Kier alpha value is -0.870. The second-order valence-corrected chi connectivity index (χ2v) is 3.40. The number of hydrogen-bond donors (Lipinski definition) is 1. The SMILES string of the molecule is O=CC1Cc2c(Cl)nc(Cl)nc2N1. The molecule has 1 unspecified atom stereocenters. The maximum atomic E-state index is 10.5. The minimum atomic E-state index is -0.264. The van der Waals surface area contributed by atoms with Crippen LogP contribution in [0.15, 0.2) is 0 Å². The van der Waals surface area contributed by atoms with Crippen molar-refractivity contribution < 1.29 is 4.79 Å². The summed E-state index contributed by atoms with van der Waals surface area (Å²) in [5, 5.41) is 3.28. The quantitative estimate of drug-likeness (QED) is 0.438. The van der Waals surface area contributed by atoms with Crippen molar-refractivity contribution in [2.75, 3.05) is 5.32 Å². The minimum Gasteiger partial charge on any atom is -0.360 e. The molecule has 1 aliphatic rings. The smallest absolute Gasteiger partial charge is 0.225 e. The van der Waals surface area contributed by atoms with Gasteiger partial charge in [-0.2, -0.15) is 0 Å². The fourth-order valence-electron chi connectivity index (χ4n) is 1.26. The van der Waals surface area contributed by atoms with E-state index in [1.54, 1.807) is 0 Å². The molecular formula is C7H5Cl2N3O. The summed E-state index contributed by atoms with van der Waals surface area (Å²) in [5.74, 6) is 0.558. The Morgan fingerprint density at radius 2 is 2.23 bits per heavy atom. The van der Waals surface area contributed by atoms with E-state index < -0.39 is 0 Å². The molecular weight excluding hydrogens is 213 g/mol. The second-order valence-electron chi connectivity index (χ2n) is 2.70. The molecule has 0 radical (unpaired) electrons. The van der Waals surface area contributed by atoms with Crippen LogP contribution >= 0.6 is 23.2 Å². The molecule has 2 rings (SSSR count). The van der Waals surface area contributed by atoms with E-state index in [2.05, 4.69) is 15.3 Å². The van der Waals surface area contributed by atoms with Crippen molar-refractivity contribution in [2.24, 2.45) is 0 Å². The predicted octanol–water partition coefficient (Wildman–Crippen LogP) is 1.32. The van der Waals surface area contributed by atoms with E-state index in [0.29, 0.717) is 17.4 Å². The van der Waals surface area contributed by atoms with E-state index in [9.17, 15) is 4.79 Å². The van der Waals surface area contributed by atoms with Crippen LogP contribution in [0.2, 0.25) is 10.4 Å². The Bertz CT molecular complexity index is 369. The lowest BCUT2D eigenvalue weighted by molar-refractivity contribution is -0.108. The molecule has 0 aliphatic carbocycles. The highest BCUT2D eigenvalue weighted by atomic mass is 35.5. The van der Waals surface area contributed by atoms with Gasteiger partial charge in [-0.05, 0) is 11.6 Å². The Morgan fingerprint density at radius 1 is 1.46 bits per heavy atom. The van der Waals surface area contributed by atoms with E-state index in [1.807, 2.05) is 0 Å². The molecule has 0 spiro atoms. The monoisotopic (exact) mass is 217 g/mol. The third-order valence-electron chi connectivity index (χ3n) is 1.84. The van der Waals surface area contributed by atoms with E-state index in [4.69, 9.17) is 23.2 Å². The predicted molar refractivity (Wildman–Crippen MR) is 49.2 cm³/mol. The van der Waals surface area contributed by atoms with Crippen LogP contribution in [0.5, 0.6) is 0 Å². The van der Waals surface area contributed by atoms with Crippen LogP contribution in [0, 0.1) is 0 Å². The molecule has 68 valence electrons. The standard InChI is InChI=1S/C7H5Cl2N3O/c8-5-4-1-3(2-13)10-6(4)12-7(9)11-5/h2-3H,1H2,(H,10,11,12). The van der Waals surface area contributed by atoms with Crippen LogP contribution in [-0.2, 0) is 11.2 Å². The number of hydrogen-bond acceptors (Lipinski definition) is 4. The van der Waals surface area contributed by atoms with Crippen molar-refractivity contribution in [3.8, 4) is 0 Å². The van der Waals surface area contributed by atoms with Gasteiger partial charge in [-0.1, -0.05) is 11.6 Å². The zero-order chi connectivity index (χ0) is 9.42. The number of carbonyl (C=O) groups is 1. The average Bonchev–Trinajstić information content (AvgIpc) is 2.47. The molecule has 6 heteroatoms. The maximum absolute atomic E-state index is 10.5. The fraction of sp³-hybridized carbons (Fsp3) is 0.286. The van der Waals surface area contributed by atoms with Gasteiger partial charge in [0, 0.05) is 12.0 Å². The Balaban J connectivity index is 2.45. The molecule has 1 N–H and O–H groups in total. The molecule has 1 aromatic rings. The van der Waals surface area contributed by atoms with Crippen LogP contribution in [0.3, 0.4) is 0 Å². The van der Waals surface area contributed by atoms with Crippen LogP contribution in [0.4, 0.5) is 5.82 Å². The highest BCUT2D eigenvalue weighted by Crippen LogP contribution is 2.29. The molecule has 0 bridgehead atoms. The van der Waals surface area contributed by atoms with Gasteiger partial charge >= 0.3 is 0 Å². The summed E-state index contributed by atoms with van der Waals surface area (Å²) in [5.41, 5.74) is 0.753. The first-order chi connectivity index (χ1) is 6.20. The van der Waals surface area contributed by atoms with Crippen molar-refractivity contribution in [1.29, 1.82) is 0 Å². The van der Waals surface area contributed by atoms with E-state index in [-0.39, 0.29) is 11.3 Å². The molecule has 0 amide bonds. The van der Waals surface area contributed by atoms with Gasteiger partial charge in [-0.25, -0.2) is 9.97 Å². The summed E-state index contributed by atoms with van der Waals surface area (Å²) in [7, 11) is 0. The molecule has 0 saturated carbocycles. The summed E-state index contributed by atoms with van der Waals surface area (Å²) in [4.78, 5) is 18.2. The summed E-state index contributed by atoms with van der Waals surface area (Å²) in [6.07, 6.45) is 1.33. The topological polar surface area (TPSA) is 54.9 Å². The molecule has 4 nitrogen and oxygen atoms in total. The third-order valence-corrected chi connectivity index (χ3v) is 2.32. The molecule has 1 atom stereocenters. The van der Waals surface area contributed by atoms with Crippen molar-refractivity contribution in [3.63, 3.8) is 0 Å². The molecule has 0 saturated heterocycles. The van der Waals surface area contributed by atoms with Crippen molar-refractivity contribution in [1.82, 2.24) is 9.97 Å². The van der Waals surface area contributed by atoms with Crippen LogP contribution in [-0.4, -0.2) is 22.3 Å². The van der Waals surface area contributed by atoms with Crippen LogP contribution < -0.4 is 5.32 Å².